The molecule has 2 amide bonds. The zero-order chi connectivity index (χ0) is 61.7. The summed E-state index contributed by atoms with van der Waals surface area (Å²) in [5.74, 6) is -1.48. The Balaban J connectivity index is 1.68. The van der Waals surface area contributed by atoms with E-state index in [1.807, 2.05) is 0 Å². The van der Waals surface area contributed by atoms with Gasteiger partial charge in [0.15, 0.2) is 18.9 Å². The maximum absolute atomic E-state index is 13.7. The molecule has 14 N–H and O–H groups in total. The molecule has 3 aliphatic heterocycles. The van der Waals surface area contributed by atoms with Gasteiger partial charge >= 0.3 is 0 Å². The topological polar surface area (TPSA) is 356 Å². The number of hydrogen-bond donors (Lipinski definition) is 14. The highest BCUT2D eigenvalue weighted by atomic mass is 16.8. The van der Waals surface area contributed by atoms with Crippen LogP contribution in [0.2, 0.25) is 0 Å². The smallest absolute Gasteiger partial charge is 0.249 e. The number of hydrogen-bond acceptors (Lipinski definition) is 20. The quantitative estimate of drug-likeness (QED) is 0.0374. The first kappa shape index (κ1) is 76.5. The second kappa shape index (κ2) is 45.5. The molecule has 0 aromatic heterocycles. The van der Waals surface area contributed by atoms with E-state index in [0.29, 0.717) is 12.8 Å². The second-order valence-electron chi connectivity index (χ2n) is 24.3. The molecule has 3 heterocycles. The van der Waals surface area contributed by atoms with E-state index < -0.39 is 155 Å². The lowest BCUT2D eigenvalue weighted by atomic mass is 9.96. The molecular weight excluding hydrogens is 1090 g/mol. The molecule has 3 saturated heterocycles. The van der Waals surface area contributed by atoms with Crippen molar-refractivity contribution in [2.75, 3.05) is 26.4 Å². The van der Waals surface area contributed by atoms with E-state index in [1.165, 1.54) is 141 Å². The van der Waals surface area contributed by atoms with Gasteiger partial charge < -0.3 is 100 Å². The van der Waals surface area contributed by atoms with Gasteiger partial charge in [-0.05, 0) is 12.8 Å². The minimum absolute atomic E-state index is 0.130. The van der Waals surface area contributed by atoms with Crippen molar-refractivity contribution < 1.29 is 99.3 Å². The zero-order valence-electron chi connectivity index (χ0n) is 51.5. The van der Waals surface area contributed by atoms with E-state index in [1.54, 1.807) is 0 Å². The lowest BCUT2D eigenvalue weighted by Crippen LogP contribution is -2.66. The number of nitrogens with one attached hydrogen (secondary N) is 2. The van der Waals surface area contributed by atoms with Crippen LogP contribution in [0.1, 0.15) is 239 Å². The van der Waals surface area contributed by atoms with Crippen LogP contribution in [0.3, 0.4) is 0 Å². The maximum Gasteiger partial charge on any atom is 0.249 e. The first-order chi connectivity index (χ1) is 40.5. The first-order valence-corrected chi connectivity index (χ1v) is 33.0. The summed E-state index contributed by atoms with van der Waals surface area (Å²) in [6, 6.07) is -2.82. The number of aliphatic hydroxyl groups is 12. The fourth-order valence-corrected chi connectivity index (χ4v) is 11.5. The number of amides is 2. The van der Waals surface area contributed by atoms with E-state index >= 15 is 0 Å². The fourth-order valence-electron chi connectivity index (χ4n) is 11.5. The monoisotopic (exact) mass is 1210 g/mol. The normalized spacial score (nSPS) is 29.8. The van der Waals surface area contributed by atoms with E-state index in [0.717, 1.165) is 58.3 Å². The second-order valence-corrected chi connectivity index (χ2v) is 24.3. The Morgan fingerprint density at radius 2 is 0.845 bits per heavy atom. The molecule has 0 radical (unpaired) electrons. The Morgan fingerprint density at radius 3 is 1.29 bits per heavy atom. The first-order valence-electron chi connectivity index (χ1n) is 33.0. The van der Waals surface area contributed by atoms with Crippen LogP contribution in [0, 0.1) is 0 Å². The van der Waals surface area contributed by atoms with Crippen LogP contribution in [-0.4, -0.2) is 216 Å². The molecule has 0 bridgehead atoms. The van der Waals surface area contributed by atoms with Gasteiger partial charge in [-0.25, -0.2) is 0 Å². The molecule has 0 aromatic carbocycles. The molecule has 22 nitrogen and oxygen atoms in total. The van der Waals surface area contributed by atoms with Gasteiger partial charge in [-0.1, -0.05) is 219 Å². The van der Waals surface area contributed by atoms with Gasteiger partial charge in [0.05, 0.1) is 38.6 Å². The third-order valence-corrected chi connectivity index (χ3v) is 17.0. The van der Waals surface area contributed by atoms with Gasteiger partial charge in [0.2, 0.25) is 11.8 Å². The van der Waals surface area contributed by atoms with Gasteiger partial charge in [0, 0.05) is 6.92 Å². The Bertz CT molecular complexity index is 1640. The van der Waals surface area contributed by atoms with Gasteiger partial charge in [-0.3, -0.25) is 9.59 Å². The molecule has 19 atom stereocenters. The highest BCUT2D eigenvalue weighted by Crippen LogP contribution is 2.32. The molecule has 22 heteroatoms. The summed E-state index contributed by atoms with van der Waals surface area (Å²) >= 11 is 0. The van der Waals surface area contributed by atoms with Crippen molar-refractivity contribution in [2.45, 2.75) is 355 Å². The Kier molecular flexibility index (Phi) is 41.4. The van der Waals surface area contributed by atoms with E-state index in [9.17, 15) is 70.9 Å². The van der Waals surface area contributed by atoms with Gasteiger partial charge in [0.25, 0.3) is 0 Å². The Morgan fingerprint density at radius 1 is 0.452 bits per heavy atom. The number of carbonyl (C=O) groups is 2. The Hall–Kier alpha value is -1.78. The van der Waals surface area contributed by atoms with Crippen LogP contribution in [0.4, 0.5) is 0 Å². The molecule has 496 valence electrons. The standard InChI is InChI=1S/C62H118N2O20/c1-4-6-8-10-12-14-16-18-19-20-21-22-23-25-27-29-31-33-35-37-45(69)59(78)64-43(50(70)44(68)36-34-32-30-28-26-24-17-15-13-11-9-7-5-2)40-79-62-58(84-61-57(77)55(75)52(72)47(39-66)82-61)56(76)53(73)48(83-62)41-80-60-49(63-42(3)67)54(74)51(71)46(38-65)81-60/h43-58,60-62,65-66,68-77H,4-41H2,1-3H3,(H,63,67)(H,64,78). The van der Waals surface area contributed by atoms with Crippen LogP contribution in [-0.2, 0) is 38.0 Å². The molecule has 0 aliphatic carbocycles. The predicted octanol–water partition coefficient (Wildman–Crippen LogP) is 4.47. The average Bonchev–Trinajstić information content (AvgIpc) is 2.70. The summed E-state index contributed by atoms with van der Waals surface area (Å²) in [4.78, 5) is 25.8. The van der Waals surface area contributed by atoms with Gasteiger partial charge in [0.1, 0.15) is 85.4 Å². The molecule has 0 spiro atoms. The van der Waals surface area contributed by atoms with Crippen LogP contribution in [0.25, 0.3) is 0 Å². The molecular formula is C62H118N2O20. The molecule has 0 aromatic rings. The SMILES string of the molecule is CCCCCCCCCCCCCCCCCCCCCC(O)C(=O)NC(COC1OC(COC2OC(CO)C(O)C(O)C2NC(C)=O)C(O)C(O)C1OC1OC(CO)C(O)C(O)C1O)C(O)C(O)CCCCCCCCCCCCCCC. The van der Waals surface area contributed by atoms with Crippen molar-refractivity contribution in [1.82, 2.24) is 10.6 Å². The molecule has 3 fully saturated rings. The van der Waals surface area contributed by atoms with E-state index in [2.05, 4.69) is 24.5 Å². The Labute approximate surface area is 502 Å². The number of rotatable bonds is 49. The summed E-state index contributed by atoms with van der Waals surface area (Å²) in [6.45, 7) is 2.67. The maximum atomic E-state index is 13.7. The summed E-state index contributed by atoms with van der Waals surface area (Å²) in [6.07, 6.45) is 8.59. The molecule has 3 rings (SSSR count). The zero-order valence-corrected chi connectivity index (χ0v) is 51.5. The molecule has 19 unspecified atom stereocenters. The van der Waals surface area contributed by atoms with Crippen molar-refractivity contribution in [2.24, 2.45) is 0 Å². The predicted molar refractivity (Wildman–Crippen MR) is 315 cm³/mol. The highest BCUT2D eigenvalue weighted by Gasteiger charge is 2.52. The largest absolute Gasteiger partial charge is 0.394 e. The molecule has 84 heavy (non-hydrogen) atoms. The number of carbonyl (C=O) groups excluding carboxylic acids is 2. The lowest BCUT2D eigenvalue weighted by molar-refractivity contribution is -0.371. The van der Waals surface area contributed by atoms with Crippen molar-refractivity contribution >= 4 is 11.8 Å². The summed E-state index contributed by atoms with van der Waals surface area (Å²) < 4.78 is 35.3. The third kappa shape index (κ3) is 28.8. The molecule has 3 aliphatic rings. The van der Waals surface area contributed by atoms with Gasteiger partial charge in [-0.2, -0.15) is 0 Å². The summed E-state index contributed by atoms with van der Waals surface area (Å²) in [5, 5.41) is 136. The van der Waals surface area contributed by atoms with E-state index in [-0.39, 0.29) is 12.8 Å². The fraction of sp³-hybridized carbons (Fsp3) is 0.968. The highest BCUT2D eigenvalue weighted by molar-refractivity contribution is 5.80. The number of unbranched alkanes of at least 4 members (excludes halogenated alkanes) is 30. The van der Waals surface area contributed by atoms with E-state index in [4.69, 9.17) is 28.4 Å². The van der Waals surface area contributed by atoms with Crippen molar-refractivity contribution in [1.29, 1.82) is 0 Å². The summed E-state index contributed by atoms with van der Waals surface area (Å²) in [7, 11) is 0. The van der Waals surface area contributed by atoms with Crippen molar-refractivity contribution in [3.05, 3.63) is 0 Å². The third-order valence-electron chi connectivity index (χ3n) is 17.0. The lowest BCUT2D eigenvalue weighted by Gasteiger charge is -2.47. The van der Waals surface area contributed by atoms with Crippen LogP contribution >= 0.6 is 0 Å². The number of aliphatic hydroxyl groups excluding tert-OH is 12. The minimum Gasteiger partial charge on any atom is -0.394 e. The van der Waals surface area contributed by atoms with Crippen molar-refractivity contribution in [3.63, 3.8) is 0 Å². The van der Waals surface area contributed by atoms with Crippen LogP contribution in [0.15, 0.2) is 0 Å². The summed E-state index contributed by atoms with van der Waals surface area (Å²) in [5.41, 5.74) is 0. The van der Waals surface area contributed by atoms with Crippen LogP contribution < -0.4 is 10.6 Å². The van der Waals surface area contributed by atoms with Gasteiger partial charge in [-0.15, -0.1) is 0 Å². The van der Waals surface area contributed by atoms with Crippen molar-refractivity contribution in [3.8, 4) is 0 Å². The number of ether oxygens (including phenoxy) is 6. The molecule has 0 saturated carbocycles. The minimum atomic E-state index is -2.01. The average molecular weight is 1210 g/mol. The van der Waals surface area contributed by atoms with Crippen LogP contribution in [0.5, 0.6) is 0 Å².